The predicted molar refractivity (Wildman–Crippen MR) is 76.1 cm³/mol. The van der Waals surface area contributed by atoms with Crippen LogP contribution in [0.4, 0.5) is 10.1 Å². The van der Waals surface area contributed by atoms with Crippen LogP contribution in [0.25, 0.3) is 0 Å². The molecule has 6 heteroatoms. The van der Waals surface area contributed by atoms with E-state index in [2.05, 4.69) is 5.32 Å². The number of carbonyl (C=O) groups excluding carboxylic acids is 2. The van der Waals surface area contributed by atoms with Crippen molar-refractivity contribution in [1.82, 2.24) is 4.90 Å². The van der Waals surface area contributed by atoms with Crippen LogP contribution < -0.4 is 5.32 Å². The van der Waals surface area contributed by atoms with E-state index in [-0.39, 0.29) is 30.3 Å². The van der Waals surface area contributed by atoms with Gasteiger partial charge in [0.1, 0.15) is 5.82 Å². The van der Waals surface area contributed by atoms with Crippen LogP contribution in [0.3, 0.4) is 0 Å². The summed E-state index contributed by atoms with van der Waals surface area (Å²) in [7, 11) is 1.37. The number of nitrogens with zero attached hydrogens (tertiary/aromatic N) is 1. The van der Waals surface area contributed by atoms with Crippen LogP contribution in [0.1, 0.15) is 6.92 Å². The highest BCUT2D eigenvalue weighted by Gasteiger charge is 2.36. The molecule has 0 radical (unpaired) electrons. The maximum atomic E-state index is 13.0. The lowest BCUT2D eigenvalue weighted by molar-refractivity contribution is -0.146. The van der Waals surface area contributed by atoms with E-state index in [0.29, 0.717) is 18.8 Å². The van der Waals surface area contributed by atoms with Gasteiger partial charge < -0.3 is 10.1 Å². The van der Waals surface area contributed by atoms with Gasteiger partial charge in [0.25, 0.3) is 0 Å². The van der Waals surface area contributed by atoms with E-state index in [9.17, 15) is 14.0 Å². The van der Waals surface area contributed by atoms with Gasteiger partial charge in [0.2, 0.25) is 5.91 Å². The van der Waals surface area contributed by atoms with Crippen molar-refractivity contribution in [3.05, 3.63) is 30.1 Å². The van der Waals surface area contributed by atoms with Gasteiger partial charge in [0.05, 0.1) is 19.6 Å². The molecule has 1 heterocycles. The van der Waals surface area contributed by atoms with Crippen LogP contribution in [0.15, 0.2) is 24.3 Å². The summed E-state index contributed by atoms with van der Waals surface area (Å²) in [5.74, 6) is -0.904. The number of hydrogen-bond donors (Lipinski definition) is 1. The molecule has 0 spiro atoms. The van der Waals surface area contributed by atoms with Crippen LogP contribution in [0, 0.1) is 17.7 Å². The first-order chi connectivity index (χ1) is 9.99. The number of rotatable bonds is 4. The minimum absolute atomic E-state index is 0.152. The lowest BCUT2D eigenvalue weighted by atomic mass is 9.99. The molecule has 2 rings (SSSR count). The second kappa shape index (κ2) is 6.67. The van der Waals surface area contributed by atoms with Gasteiger partial charge in [0.15, 0.2) is 0 Å². The van der Waals surface area contributed by atoms with Crippen LogP contribution >= 0.6 is 0 Å². The first-order valence-electron chi connectivity index (χ1n) is 6.85. The number of esters is 1. The van der Waals surface area contributed by atoms with Crippen molar-refractivity contribution in [2.45, 2.75) is 6.92 Å². The van der Waals surface area contributed by atoms with Crippen molar-refractivity contribution in [2.24, 2.45) is 11.8 Å². The SMILES string of the molecule is COC(=O)C1CN(CC(=O)Nc2cccc(F)c2)CC1C. The van der Waals surface area contributed by atoms with Crippen molar-refractivity contribution < 1.29 is 18.7 Å². The molecule has 114 valence electrons. The van der Waals surface area contributed by atoms with Gasteiger partial charge in [-0.3, -0.25) is 14.5 Å². The number of halogens is 1. The topological polar surface area (TPSA) is 58.6 Å². The standard InChI is InChI=1S/C15H19FN2O3/c1-10-7-18(8-13(10)15(20)21-2)9-14(19)17-12-5-3-4-11(16)6-12/h3-6,10,13H,7-9H2,1-2H3,(H,17,19). The number of nitrogens with one attached hydrogen (secondary N) is 1. The molecule has 0 saturated carbocycles. The molecular formula is C15H19FN2O3. The zero-order chi connectivity index (χ0) is 15.4. The van der Waals surface area contributed by atoms with E-state index < -0.39 is 5.82 Å². The molecule has 1 saturated heterocycles. The third-order valence-corrected chi connectivity index (χ3v) is 3.67. The van der Waals surface area contributed by atoms with Gasteiger partial charge in [-0.25, -0.2) is 4.39 Å². The van der Waals surface area contributed by atoms with Crippen molar-refractivity contribution >= 4 is 17.6 Å². The maximum absolute atomic E-state index is 13.0. The average Bonchev–Trinajstić information content (AvgIpc) is 2.78. The highest BCUT2D eigenvalue weighted by molar-refractivity contribution is 5.92. The number of benzene rings is 1. The zero-order valence-corrected chi connectivity index (χ0v) is 12.1. The molecular weight excluding hydrogens is 275 g/mol. The largest absolute Gasteiger partial charge is 0.469 e. The number of ether oxygens (including phenoxy) is 1. The lowest BCUT2D eigenvalue weighted by Gasteiger charge is -2.15. The average molecular weight is 294 g/mol. The minimum atomic E-state index is -0.395. The van der Waals surface area contributed by atoms with E-state index in [4.69, 9.17) is 4.74 Å². The fraction of sp³-hybridized carbons (Fsp3) is 0.467. The number of methoxy groups -OCH3 is 1. The van der Waals surface area contributed by atoms with E-state index in [0.717, 1.165) is 0 Å². The molecule has 2 unspecified atom stereocenters. The van der Waals surface area contributed by atoms with Gasteiger partial charge in [0, 0.05) is 18.8 Å². The fourth-order valence-corrected chi connectivity index (χ4v) is 2.62. The zero-order valence-electron chi connectivity index (χ0n) is 12.1. The smallest absolute Gasteiger partial charge is 0.310 e. The third-order valence-electron chi connectivity index (χ3n) is 3.67. The van der Waals surface area contributed by atoms with E-state index in [1.807, 2.05) is 11.8 Å². The Labute approximate surface area is 123 Å². The molecule has 1 aromatic rings. The lowest BCUT2D eigenvalue weighted by Crippen LogP contribution is -2.32. The Hall–Kier alpha value is -1.95. The molecule has 2 atom stereocenters. The van der Waals surface area contributed by atoms with Gasteiger partial charge in [-0.2, -0.15) is 0 Å². The van der Waals surface area contributed by atoms with Gasteiger partial charge in [-0.1, -0.05) is 13.0 Å². The van der Waals surface area contributed by atoms with Crippen LogP contribution in [-0.4, -0.2) is 43.5 Å². The summed E-state index contributed by atoms with van der Waals surface area (Å²) in [4.78, 5) is 25.4. The fourth-order valence-electron chi connectivity index (χ4n) is 2.62. The van der Waals surface area contributed by atoms with Crippen LogP contribution in [0.5, 0.6) is 0 Å². The number of likely N-dealkylation sites (tertiary alicyclic amines) is 1. The Bertz CT molecular complexity index is 535. The molecule has 0 aliphatic carbocycles. The Morgan fingerprint density at radius 3 is 2.86 bits per heavy atom. The molecule has 21 heavy (non-hydrogen) atoms. The number of carbonyl (C=O) groups is 2. The van der Waals surface area contributed by atoms with Crippen molar-refractivity contribution in [1.29, 1.82) is 0 Å². The summed E-state index contributed by atoms with van der Waals surface area (Å²) in [6.45, 7) is 3.31. The minimum Gasteiger partial charge on any atom is -0.469 e. The molecule has 1 fully saturated rings. The number of anilines is 1. The Balaban J connectivity index is 1.88. The Morgan fingerprint density at radius 2 is 2.19 bits per heavy atom. The van der Waals surface area contributed by atoms with Crippen LogP contribution in [0.2, 0.25) is 0 Å². The highest BCUT2D eigenvalue weighted by Crippen LogP contribution is 2.23. The van der Waals surface area contributed by atoms with Gasteiger partial charge >= 0.3 is 5.97 Å². The summed E-state index contributed by atoms with van der Waals surface area (Å²) < 4.78 is 17.8. The molecule has 0 aromatic heterocycles. The maximum Gasteiger partial charge on any atom is 0.310 e. The second-order valence-electron chi connectivity index (χ2n) is 5.36. The Morgan fingerprint density at radius 1 is 1.43 bits per heavy atom. The molecule has 1 aliphatic rings. The number of hydrogen-bond acceptors (Lipinski definition) is 4. The molecule has 5 nitrogen and oxygen atoms in total. The van der Waals surface area contributed by atoms with Crippen molar-refractivity contribution in [2.75, 3.05) is 32.1 Å². The molecule has 1 aliphatic heterocycles. The van der Waals surface area contributed by atoms with Gasteiger partial charge in [-0.05, 0) is 24.1 Å². The summed E-state index contributed by atoms with van der Waals surface area (Å²) in [5.41, 5.74) is 0.428. The third kappa shape index (κ3) is 4.01. The summed E-state index contributed by atoms with van der Waals surface area (Å²) in [6.07, 6.45) is 0. The monoisotopic (exact) mass is 294 g/mol. The second-order valence-corrected chi connectivity index (χ2v) is 5.36. The van der Waals surface area contributed by atoms with E-state index >= 15 is 0 Å². The van der Waals surface area contributed by atoms with Crippen molar-refractivity contribution in [3.8, 4) is 0 Å². The van der Waals surface area contributed by atoms with Crippen LogP contribution in [-0.2, 0) is 14.3 Å². The predicted octanol–water partition coefficient (Wildman–Crippen LogP) is 1.51. The normalized spacial score (nSPS) is 22.0. The quantitative estimate of drug-likeness (QED) is 0.855. The summed E-state index contributed by atoms with van der Waals surface area (Å²) >= 11 is 0. The summed E-state index contributed by atoms with van der Waals surface area (Å²) in [6, 6.07) is 5.75. The van der Waals surface area contributed by atoms with Gasteiger partial charge in [-0.15, -0.1) is 0 Å². The van der Waals surface area contributed by atoms with E-state index in [1.54, 1.807) is 6.07 Å². The first-order valence-corrected chi connectivity index (χ1v) is 6.85. The molecule has 0 bridgehead atoms. The molecule has 1 aromatic carbocycles. The highest BCUT2D eigenvalue weighted by atomic mass is 19.1. The van der Waals surface area contributed by atoms with Crippen molar-refractivity contribution in [3.63, 3.8) is 0 Å². The molecule has 1 N–H and O–H groups in total. The first kappa shape index (κ1) is 15.4. The molecule has 1 amide bonds. The van der Waals surface area contributed by atoms with E-state index in [1.165, 1.54) is 25.3 Å². The number of amides is 1. The summed E-state index contributed by atoms with van der Waals surface area (Å²) in [5, 5.41) is 2.65. The Kier molecular flexibility index (Phi) is 4.90.